The molecule has 33 valence electrons. The molecule has 0 aliphatic rings. The maximum atomic E-state index is 2.44. The Hall–Kier alpha value is 2.74. The van der Waals surface area contributed by atoms with Crippen molar-refractivity contribution in [3.63, 3.8) is 0 Å². The molecular weight excluding hydrogens is 473 g/mol. The summed E-state index contributed by atoms with van der Waals surface area (Å²) < 4.78 is 0. The van der Waals surface area contributed by atoms with Crippen LogP contribution in [0, 0.1) is 0 Å². The Balaban J connectivity index is -0.00000000500. The SMILES string of the molecule is [BiH3].[Cu].[SeH][SbH2]. The molecular formula is H6BiCuSbSe. The summed E-state index contributed by atoms with van der Waals surface area (Å²) in [5, 5.41) is 0. The van der Waals surface area contributed by atoms with Gasteiger partial charge in [0.25, 0.3) is 0 Å². The van der Waals surface area contributed by atoms with Gasteiger partial charge in [0.1, 0.15) is 0 Å². The van der Waals surface area contributed by atoms with Crippen molar-refractivity contribution in [3.8, 4) is 0 Å². The fourth-order valence-corrected chi connectivity index (χ4v) is 0. The molecule has 0 spiro atoms. The summed E-state index contributed by atoms with van der Waals surface area (Å²) in [5.74, 6) is 0. The third-order valence-electron chi connectivity index (χ3n) is 0. The predicted octanol–water partition coefficient (Wildman–Crippen LogP) is -2.75. The van der Waals surface area contributed by atoms with Crippen LogP contribution in [0.5, 0.6) is 0 Å². The van der Waals surface area contributed by atoms with Crippen LogP contribution in [0.25, 0.3) is 0 Å². The van der Waals surface area contributed by atoms with E-state index >= 15 is 0 Å². The molecule has 0 saturated carbocycles. The van der Waals surface area contributed by atoms with E-state index in [0.717, 1.165) is 0 Å². The molecule has 0 nitrogen and oxygen atoms in total. The van der Waals surface area contributed by atoms with Crippen molar-refractivity contribution < 1.29 is 17.1 Å². The van der Waals surface area contributed by atoms with Crippen molar-refractivity contribution in [2.75, 3.05) is 0 Å². The summed E-state index contributed by atoms with van der Waals surface area (Å²) in [4.78, 5) is 0. The first-order valence-corrected chi connectivity index (χ1v) is 9.00. The Morgan fingerprint density at radius 2 is 1.25 bits per heavy atom. The molecule has 0 fully saturated rings. The van der Waals surface area contributed by atoms with E-state index in [1.54, 1.807) is 0 Å². The zero-order valence-electron chi connectivity index (χ0n) is 2.03. The van der Waals surface area contributed by atoms with Gasteiger partial charge in [-0.15, -0.1) is 0 Å². The van der Waals surface area contributed by atoms with Crippen LogP contribution < -0.4 is 0 Å². The molecule has 0 aliphatic carbocycles. The van der Waals surface area contributed by atoms with Crippen LogP contribution in [0.4, 0.5) is 0 Å². The molecule has 0 N–H and O–H groups in total. The standard InChI is InChI=1S/Bi.Cu.Sb.H2Se.5H/h;;;1H2;;;;;/q;;+1;;;;;;/p-1. The fourth-order valence-electron chi connectivity index (χ4n) is 0. The number of hydrogen-bond donors (Lipinski definition) is 0. The molecule has 0 aromatic rings. The Morgan fingerprint density at radius 3 is 1.25 bits per heavy atom. The average Bonchev–Trinajstić information content (AvgIpc) is 1.00. The molecule has 1 radical (unpaired) electrons. The zero-order chi connectivity index (χ0) is 2.00. The molecule has 0 aliphatic heterocycles. The summed E-state index contributed by atoms with van der Waals surface area (Å²) in [7, 11) is 0. The van der Waals surface area contributed by atoms with Gasteiger partial charge in [0.05, 0.1) is 0 Å². The van der Waals surface area contributed by atoms with E-state index in [1.165, 1.54) is 20.7 Å². The van der Waals surface area contributed by atoms with Gasteiger partial charge in [0.15, 0.2) is 0 Å². The van der Waals surface area contributed by atoms with E-state index in [2.05, 4.69) is 12.7 Å². The molecule has 4 heteroatoms. The average molecular weight is 479 g/mol. The summed E-state index contributed by atoms with van der Waals surface area (Å²) >= 11 is 3.73. The van der Waals surface area contributed by atoms with Crippen LogP contribution in [0.1, 0.15) is 0 Å². The Morgan fingerprint density at radius 1 is 1.25 bits per heavy atom. The maximum absolute atomic E-state index is 2.44. The van der Waals surface area contributed by atoms with E-state index in [9.17, 15) is 0 Å². The van der Waals surface area contributed by atoms with Crippen molar-refractivity contribution >= 4 is 59.6 Å². The van der Waals surface area contributed by atoms with Crippen molar-refractivity contribution in [1.29, 1.82) is 0 Å². The Labute approximate surface area is 75.3 Å². The first-order chi connectivity index (χ1) is 1.00. The number of hydrogen-bond acceptors (Lipinski definition) is 0. The van der Waals surface area contributed by atoms with E-state index in [1.807, 2.05) is 0 Å². The van der Waals surface area contributed by atoms with Crippen molar-refractivity contribution in [2.45, 2.75) is 0 Å². The molecule has 0 saturated heterocycles. The minimum absolute atomic E-state index is 0. The van der Waals surface area contributed by atoms with Crippen LogP contribution in [-0.2, 0) is 17.1 Å². The molecule has 0 atom stereocenters. The molecule has 4 heavy (non-hydrogen) atoms. The van der Waals surface area contributed by atoms with Gasteiger partial charge in [-0.25, -0.2) is 0 Å². The van der Waals surface area contributed by atoms with Crippen LogP contribution in [0.15, 0.2) is 0 Å². The zero-order valence-corrected chi connectivity index (χ0v) is 13.6. The second-order valence-corrected chi connectivity index (χ2v) is 0. The molecule has 0 amide bonds. The van der Waals surface area contributed by atoms with Gasteiger partial charge >= 0.3 is 59.6 Å². The van der Waals surface area contributed by atoms with Gasteiger partial charge < -0.3 is 0 Å². The Bertz CT molecular complexity index is 8.00. The summed E-state index contributed by atoms with van der Waals surface area (Å²) in [6.07, 6.45) is 0. The summed E-state index contributed by atoms with van der Waals surface area (Å²) in [6, 6.07) is 0. The van der Waals surface area contributed by atoms with Crippen LogP contribution in [-0.4, -0.2) is 59.6 Å². The fraction of sp³-hybridized carbons (Fsp3) is 0. The van der Waals surface area contributed by atoms with Crippen molar-refractivity contribution in [1.82, 2.24) is 0 Å². The normalized spacial score (nSPS) is 1.50. The van der Waals surface area contributed by atoms with E-state index in [0.29, 0.717) is 0 Å². The van der Waals surface area contributed by atoms with E-state index in [-0.39, 0.29) is 43.3 Å². The van der Waals surface area contributed by atoms with E-state index < -0.39 is 0 Å². The van der Waals surface area contributed by atoms with Gasteiger partial charge in [0, 0.05) is 17.1 Å². The molecule has 0 aromatic carbocycles. The van der Waals surface area contributed by atoms with Gasteiger partial charge in [-0.05, 0) is 0 Å². The van der Waals surface area contributed by atoms with Crippen LogP contribution >= 0.6 is 0 Å². The summed E-state index contributed by atoms with van der Waals surface area (Å²) in [5.41, 5.74) is 0. The second kappa shape index (κ2) is 17.2. The topological polar surface area (TPSA) is 0 Å². The van der Waals surface area contributed by atoms with Crippen molar-refractivity contribution in [3.05, 3.63) is 0 Å². The monoisotopic (exact) mass is 479 g/mol. The molecule has 0 aromatic heterocycles. The molecule has 0 heterocycles. The van der Waals surface area contributed by atoms with Gasteiger partial charge in [-0.1, -0.05) is 0 Å². The third kappa shape index (κ3) is 8.83. The quantitative estimate of drug-likeness (QED) is 0.331. The minimum atomic E-state index is 0. The van der Waals surface area contributed by atoms with Crippen LogP contribution in [0.2, 0.25) is 0 Å². The van der Waals surface area contributed by atoms with Crippen molar-refractivity contribution in [2.24, 2.45) is 0 Å². The Kier molecular flexibility index (Phi) is 68.2. The molecule has 0 rings (SSSR count). The molecule has 0 unspecified atom stereocenters. The predicted molar refractivity (Wildman–Crippen MR) is 25.6 cm³/mol. The van der Waals surface area contributed by atoms with E-state index in [4.69, 9.17) is 0 Å². The third-order valence-corrected chi connectivity index (χ3v) is 0. The first-order valence-electron chi connectivity index (χ1n) is 0.258. The van der Waals surface area contributed by atoms with Gasteiger partial charge in [0.2, 0.25) is 0 Å². The molecule has 0 bridgehead atoms. The second-order valence-electron chi connectivity index (χ2n) is 0. The van der Waals surface area contributed by atoms with Gasteiger partial charge in [-0.2, -0.15) is 0 Å². The summed E-state index contributed by atoms with van der Waals surface area (Å²) in [6.45, 7) is 0. The first kappa shape index (κ1) is 15.9. The number of rotatable bonds is 0. The van der Waals surface area contributed by atoms with Gasteiger partial charge in [-0.3, -0.25) is 0 Å². The van der Waals surface area contributed by atoms with Crippen LogP contribution in [0.3, 0.4) is 0 Å².